The van der Waals surface area contributed by atoms with Gasteiger partial charge in [0.15, 0.2) is 0 Å². The first-order valence-corrected chi connectivity index (χ1v) is 11.2. The SMILES string of the molecule is O=S(=O)(CC1CCCO1)NCCc1ccc(S(=O)(=O)Cl)s1. The van der Waals surface area contributed by atoms with Crippen LogP contribution in [0.1, 0.15) is 17.7 Å². The minimum absolute atomic E-state index is 0.0290. The van der Waals surface area contributed by atoms with E-state index in [9.17, 15) is 16.8 Å². The maximum Gasteiger partial charge on any atom is 0.270 e. The fourth-order valence-corrected chi connectivity index (χ4v) is 5.44. The van der Waals surface area contributed by atoms with Gasteiger partial charge in [-0.05, 0) is 31.4 Å². The highest BCUT2D eigenvalue weighted by Gasteiger charge is 2.23. The number of hydrogen-bond donors (Lipinski definition) is 1. The zero-order valence-electron chi connectivity index (χ0n) is 11.1. The van der Waals surface area contributed by atoms with E-state index in [1.807, 2.05) is 0 Å². The molecule has 0 aromatic carbocycles. The fourth-order valence-electron chi connectivity index (χ4n) is 2.03. The van der Waals surface area contributed by atoms with Gasteiger partial charge in [0.1, 0.15) is 4.21 Å². The molecule has 0 bridgehead atoms. The normalized spacial score (nSPS) is 20.0. The molecule has 10 heteroatoms. The van der Waals surface area contributed by atoms with Crippen molar-refractivity contribution in [1.29, 1.82) is 0 Å². The number of thiophene rings is 1. The highest BCUT2D eigenvalue weighted by Crippen LogP contribution is 2.24. The molecule has 1 aliphatic rings. The lowest BCUT2D eigenvalue weighted by molar-refractivity contribution is 0.127. The minimum Gasteiger partial charge on any atom is -0.377 e. The molecule has 1 saturated heterocycles. The van der Waals surface area contributed by atoms with Gasteiger partial charge in [-0.2, -0.15) is 0 Å². The summed E-state index contributed by atoms with van der Waals surface area (Å²) in [7, 11) is -1.86. The summed E-state index contributed by atoms with van der Waals surface area (Å²) >= 11 is 1.04. The first kappa shape index (κ1) is 17.2. The van der Waals surface area contributed by atoms with Gasteiger partial charge in [-0.1, -0.05) is 0 Å². The minimum atomic E-state index is -3.72. The van der Waals surface area contributed by atoms with Gasteiger partial charge >= 0.3 is 0 Å². The standard InChI is InChI=1S/C11H16ClNO5S3/c12-21(16,17)11-4-3-10(19-11)5-6-13-20(14,15)8-9-2-1-7-18-9/h3-4,9,13H,1-2,5-8H2. The molecule has 1 aromatic rings. The molecule has 0 amide bonds. The van der Waals surface area contributed by atoms with Crippen LogP contribution in [0.25, 0.3) is 0 Å². The quantitative estimate of drug-likeness (QED) is 0.728. The van der Waals surface area contributed by atoms with Crippen molar-refractivity contribution in [2.45, 2.75) is 29.6 Å². The molecule has 6 nitrogen and oxygen atoms in total. The topological polar surface area (TPSA) is 89.5 Å². The Morgan fingerprint density at radius 3 is 2.67 bits per heavy atom. The van der Waals surface area contributed by atoms with Crippen LogP contribution < -0.4 is 4.72 Å². The number of hydrogen-bond acceptors (Lipinski definition) is 6. The van der Waals surface area contributed by atoms with Gasteiger partial charge in [-0.15, -0.1) is 11.3 Å². The van der Waals surface area contributed by atoms with Gasteiger partial charge in [0.05, 0.1) is 11.9 Å². The van der Waals surface area contributed by atoms with E-state index in [0.29, 0.717) is 13.0 Å². The molecule has 2 rings (SSSR count). The van der Waals surface area contributed by atoms with Crippen LogP contribution in [-0.4, -0.2) is 41.8 Å². The van der Waals surface area contributed by atoms with Crippen molar-refractivity contribution < 1.29 is 21.6 Å². The molecule has 1 atom stereocenters. The molecule has 1 N–H and O–H groups in total. The highest BCUT2D eigenvalue weighted by molar-refractivity contribution is 8.15. The summed E-state index contributed by atoms with van der Waals surface area (Å²) in [6.45, 7) is 0.836. The molecule has 120 valence electrons. The number of ether oxygens (including phenoxy) is 1. The van der Waals surface area contributed by atoms with Gasteiger partial charge in [0, 0.05) is 28.7 Å². The van der Waals surface area contributed by atoms with Crippen LogP contribution in [0.3, 0.4) is 0 Å². The first-order chi connectivity index (χ1) is 9.76. The molecule has 0 aliphatic carbocycles. The summed E-state index contributed by atoms with van der Waals surface area (Å²) in [5.41, 5.74) is 0. The molecule has 2 heterocycles. The van der Waals surface area contributed by atoms with Gasteiger partial charge in [0.2, 0.25) is 10.0 Å². The average molecular weight is 374 g/mol. The Balaban J connectivity index is 1.82. The van der Waals surface area contributed by atoms with Crippen molar-refractivity contribution in [3.63, 3.8) is 0 Å². The summed E-state index contributed by atoms with van der Waals surface area (Å²) in [4.78, 5) is 0.758. The fraction of sp³-hybridized carbons (Fsp3) is 0.636. The molecule has 1 unspecified atom stereocenters. The predicted octanol–water partition coefficient (Wildman–Crippen LogP) is 1.32. The maximum atomic E-state index is 11.8. The Bertz CT molecular complexity index is 676. The first-order valence-electron chi connectivity index (χ1n) is 6.38. The molecule has 0 spiro atoms. The van der Waals surface area contributed by atoms with Gasteiger partial charge < -0.3 is 4.74 Å². The van der Waals surface area contributed by atoms with Gasteiger partial charge in [-0.25, -0.2) is 21.6 Å². The Hall–Kier alpha value is -0.190. The second-order valence-electron chi connectivity index (χ2n) is 4.72. The Morgan fingerprint density at radius 2 is 2.10 bits per heavy atom. The lowest BCUT2D eigenvalue weighted by Gasteiger charge is -2.10. The third kappa shape index (κ3) is 5.50. The third-order valence-corrected chi connectivity index (χ3v) is 7.69. The smallest absolute Gasteiger partial charge is 0.270 e. The van der Waals surface area contributed by atoms with Crippen LogP contribution >= 0.6 is 22.0 Å². The summed E-state index contributed by atoms with van der Waals surface area (Å²) in [5.74, 6) is -0.0290. The highest BCUT2D eigenvalue weighted by atomic mass is 35.7. The van der Waals surface area contributed by atoms with E-state index in [-0.39, 0.29) is 22.6 Å². The van der Waals surface area contributed by atoms with Crippen LogP contribution in [0, 0.1) is 0 Å². The largest absolute Gasteiger partial charge is 0.377 e. The predicted molar refractivity (Wildman–Crippen MR) is 81.8 cm³/mol. The van der Waals surface area contributed by atoms with Crippen LogP contribution in [0.15, 0.2) is 16.3 Å². The Kier molecular flexibility index (Phi) is 5.66. The Morgan fingerprint density at radius 1 is 1.33 bits per heavy atom. The monoisotopic (exact) mass is 373 g/mol. The Labute approximate surface area is 132 Å². The molecular formula is C11H16ClNO5S3. The van der Waals surface area contributed by atoms with Crippen LogP contribution in [0.4, 0.5) is 0 Å². The zero-order chi connectivity index (χ0) is 15.5. The molecule has 1 aromatic heterocycles. The average Bonchev–Trinajstić information content (AvgIpc) is 2.98. The van der Waals surface area contributed by atoms with Crippen molar-refractivity contribution in [3.8, 4) is 0 Å². The van der Waals surface area contributed by atoms with E-state index in [4.69, 9.17) is 15.4 Å². The number of nitrogens with one attached hydrogen (secondary N) is 1. The van der Waals surface area contributed by atoms with E-state index in [2.05, 4.69) is 4.72 Å². The van der Waals surface area contributed by atoms with E-state index >= 15 is 0 Å². The number of rotatable bonds is 7. The van der Waals surface area contributed by atoms with Crippen LogP contribution in [-0.2, 0) is 30.2 Å². The molecule has 1 aliphatic heterocycles. The van der Waals surface area contributed by atoms with Crippen LogP contribution in [0.2, 0.25) is 0 Å². The van der Waals surface area contributed by atoms with Gasteiger partial charge in [-0.3, -0.25) is 0 Å². The van der Waals surface area contributed by atoms with Crippen molar-refractivity contribution >= 4 is 41.1 Å². The lowest BCUT2D eigenvalue weighted by Crippen LogP contribution is -2.33. The van der Waals surface area contributed by atoms with E-state index < -0.39 is 19.1 Å². The zero-order valence-corrected chi connectivity index (χ0v) is 14.3. The van der Waals surface area contributed by atoms with E-state index in [0.717, 1.165) is 29.1 Å². The van der Waals surface area contributed by atoms with Crippen molar-refractivity contribution in [1.82, 2.24) is 4.72 Å². The lowest BCUT2D eigenvalue weighted by atomic mass is 10.3. The molecular weight excluding hydrogens is 358 g/mol. The summed E-state index contributed by atoms with van der Waals surface area (Å²) in [6, 6.07) is 3.05. The van der Waals surface area contributed by atoms with E-state index in [1.54, 1.807) is 6.07 Å². The summed E-state index contributed by atoms with van der Waals surface area (Å²) < 4.78 is 53.8. The van der Waals surface area contributed by atoms with Crippen molar-refractivity contribution in [2.24, 2.45) is 0 Å². The summed E-state index contributed by atoms with van der Waals surface area (Å²) in [5, 5.41) is 0. The second kappa shape index (κ2) is 6.93. The van der Waals surface area contributed by atoms with Crippen LogP contribution in [0.5, 0.6) is 0 Å². The van der Waals surface area contributed by atoms with E-state index in [1.165, 1.54) is 6.07 Å². The summed E-state index contributed by atoms with van der Waals surface area (Å²) in [6.07, 6.45) is 1.85. The molecule has 1 fully saturated rings. The second-order valence-corrected chi connectivity index (χ2v) is 10.5. The third-order valence-electron chi connectivity index (χ3n) is 3.00. The number of halogens is 1. The number of sulfonamides is 1. The van der Waals surface area contributed by atoms with Crippen molar-refractivity contribution in [2.75, 3.05) is 18.9 Å². The maximum absolute atomic E-state index is 11.8. The molecule has 21 heavy (non-hydrogen) atoms. The molecule has 0 saturated carbocycles. The van der Waals surface area contributed by atoms with Crippen molar-refractivity contribution in [3.05, 3.63) is 17.0 Å². The molecule has 0 radical (unpaired) electrons. The van der Waals surface area contributed by atoms with Gasteiger partial charge in [0.25, 0.3) is 9.05 Å².